The van der Waals surface area contributed by atoms with E-state index in [1.165, 1.54) is 4.90 Å². The van der Waals surface area contributed by atoms with Crippen LogP contribution in [0.3, 0.4) is 0 Å². The maximum atomic E-state index is 13.1. The Balaban J connectivity index is 1.74. The zero-order chi connectivity index (χ0) is 18.1. The minimum absolute atomic E-state index is 0.125. The van der Waals surface area contributed by atoms with Crippen LogP contribution in [0, 0.1) is 0 Å². The minimum Gasteiger partial charge on any atom is -0.347 e. The van der Waals surface area contributed by atoms with Crippen LogP contribution >= 0.6 is 0 Å². The Hall–Kier alpha value is -2.88. The van der Waals surface area contributed by atoms with Crippen molar-refractivity contribution in [1.82, 2.24) is 4.57 Å². The lowest BCUT2D eigenvalue weighted by Gasteiger charge is -2.14. The third-order valence-corrected chi connectivity index (χ3v) is 5.11. The number of hydrogen-bond donors (Lipinski definition) is 0. The SMILES string of the molecule is CCCCn1cc([C@H]2CC(=O)N(c3ccccc3)C2=O)c2ccccc21. The molecule has 1 aromatic heterocycles. The second kappa shape index (κ2) is 6.79. The lowest BCUT2D eigenvalue weighted by Crippen LogP contribution is -2.29. The Morgan fingerprint density at radius 3 is 2.50 bits per heavy atom. The van der Waals surface area contributed by atoms with Crippen LogP contribution in [0.15, 0.2) is 60.8 Å². The number of unbranched alkanes of at least 4 members (excludes halogenated alkanes) is 1. The molecule has 0 N–H and O–H groups in total. The number of aryl methyl sites for hydroxylation is 1. The van der Waals surface area contributed by atoms with Crippen LogP contribution in [0.4, 0.5) is 5.69 Å². The van der Waals surface area contributed by atoms with Crippen molar-refractivity contribution in [2.24, 2.45) is 0 Å². The van der Waals surface area contributed by atoms with E-state index in [2.05, 4.69) is 29.8 Å². The zero-order valence-electron chi connectivity index (χ0n) is 14.9. The van der Waals surface area contributed by atoms with Crippen molar-refractivity contribution in [3.8, 4) is 0 Å². The number of anilines is 1. The Morgan fingerprint density at radius 1 is 1.00 bits per heavy atom. The van der Waals surface area contributed by atoms with Gasteiger partial charge in [-0.25, -0.2) is 0 Å². The molecule has 4 nitrogen and oxygen atoms in total. The van der Waals surface area contributed by atoms with Crippen molar-refractivity contribution in [3.63, 3.8) is 0 Å². The Bertz CT molecular complexity index is 959. The molecule has 0 aliphatic carbocycles. The number of rotatable bonds is 5. The summed E-state index contributed by atoms with van der Waals surface area (Å²) in [6.45, 7) is 3.10. The predicted molar refractivity (Wildman–Crippen MR) is 103 cm³/mol. The van der Waals surface area contributed by atoms with E-state index in [-0.39, 0.29) is 18.2 Å². The first-order valence-electron chi connectivity index (χ1n) is 9.20. The van der Waals surface area contributed by atoms with Gasteiger partial charge in [0.25, 0.3) is 0 Å². The van der Waals surface area contributed by atoms with Crippen molar-refractivity contribution in [2.75, 3.05) is 4.90 Å². The molecule has 4 rings (SSSR count). The van der Waals surface area contributed by atoms with Crippen LogP contribution in [-0.2, 0) is 16.1 Å². The van der Waals surface area contributed by atoms with E-state index < -0.39 is 5.92 Å². The van der Waals surface area contributed by atoms with Crippen LogP contribution in [-0.4, -0.2) is 16.4 Å². The van der Waals surface area contributed by atoms with Crippen LogP contribution in [0.2, 0.25) is 0 Å². The van der Waals surface area contributed by atoms with Gasteiger partial charge in [-0.3, -0.25) is 14.5 Å². The Kier molecular flexibility index (Phi) is 4.33. The van der Waals surface area contributed by atoms with E-state index in [0.29, 0.717) is 5.69 Å². The maximum Gasteiger partial charge on any atom is 0.241 e. The highest BCUT2D eigenvalue weighted by Crippen LogP contribution is 2.37. The fraction of sp³-hybridized carbons (Fsp3) is 0.273. The lowest BCUT2D eigenvalue weighted by atomic mass is 9.97. The number of amides is 2. The molecule has 1 aliphatic heterocycles. The van der Waals surface area contributed by atoms with Gasteiger partial charge in [0.15, 0.2) is 0 Å². The normalized spacial score (nSPS) is 17.4. The van der Waals surface area contributed by atoms with E-state index in [9.17, 15) is 9.59 Å². The molecule has 0 radical (unpaired) electrons. The van der Waals surface area contributed by atoms with Crippen molar-refractivity contribution in [3.05, 3.63) is 66.4 Å². The molecule has 1 aliphatic rings. The van der Waals surface area contributed by atoms with Gasteiger partial charge < -0.3 is 4.57 Å². The van der Waals surface area contributed by atoms with Gasteiger partial charge in [0.2, 0.25) is 11.8 Å². The number of para-hydroxylation sites is 2. The molecule has 2 heterocycles. The maximum absolute atomic E-state index is 13.1. The third-order valence-electron chi connectivity index (χ3n) is 5.11. The monoisotopic (exact) mass is 346 g/mol. The van der Waals surface area contributed by atoms with Crippen molar-refractivity contribution in [1.29, 1.82) is 0 Å². The van der Waals surface area contributed by atoms with Gasteiger partial charge in [-0.05, 0) is 30.2 Å². The molecular formula is C22H22N2O2. The summed E-state index contributed by atoms with van der Waals surface area (Å²) in [4.78, 5) is 27.0. The molecule has 1 atom stereocenters. The molecule has 4 heteroatoms. The fourth-order valence-electron chi connectivity index (χ4n) is 3.79. The fourth-order valence-corrected chi connectivity index (χ4v) is 3.79. The van der Waals surface area contributed by atoms with E-state index in [1.807, 2.05) is 42.5 Å². The van der Waals surface area contributed by atoms with Crippen molar-refractivity contribution < 1.29 is 9.59 Å². The van der Waals surface area contributed by atoms with Crippen LogP contribution in [0.25, 0.3) is 10.9 Å². The summed E-state index contributed by atoms with van der Waals surface area (Å²) in [6, 6.07) is 17.3. The molecule has 1 fully saturated rings. The summed E-state index contributed by atoms with van der Waals surface area (Å²) in [7, 11) is 0. The molecule has 2 aromatic carbocycles. The summed E-state index contributed by atoms with van der Waals surface area (Å²) in [5, 5.41) is 1.07. The standard InChI is InChI=1S/C22H22N2O2/c1-2-3-13-23-15-19(17-11-7-8-12-20(17)23)18-14-21(25)24(22(18)26)16-9-5-4-6-10-16/h4-12,15,18H,2-3,13-14H2,1H3/t18-/m1/s1. The van der Waals surface area contributed by atoms with Gasteiger partial charge >= 0.3 is 0 Å². The van der Waals surface area contributed by atoms with Crippen LogP contribution < -0.4 is 4.90 Å². The number of hydrogen-bond acceptors (Lipinski definition) is 2. The van der Waals surface area contributed by atoms with E-state index in [0.717, 1.165) is 35.9 Å². The third kappa shape index (κ3) is 2.71. The topological polar surface area (TPSA) is 42.3 Å². The van der Waals surface area contributed by atoms with E-state index in [1.54, 1.807) is 0 Å². The summed E-state index contributed by atoms with van der Waals surface area (Å²) in [5.74, 6) is -0.660. The van der Waals surface area contributed by atoms with Gasteiger partial charge in [0.05, 0.1) is 11.6 Å². The summed E-state index contributed by atoms with van der Waals surface area (Å²) < 4.78 is 2.22. The number of nitrogens with zero attached hydrogens (tertiary/aromatic N) is 2. The number of aromatic nitrogens is 1. The predicted octanol–water partition coefficient (Wildman–Crippen LogP) is 4.49. The Labute approximate surface area is 153 Å². The van der Waals surface area contributed by atoms with Crippen molar-refractivity contribution in [2.45, 2.75) is 38.6 Å². The van der Waals surface area contributed by atoms with Gasteiger partial charge in [0.1, 0.15) is 0 Å². The van der Waals surface area contributed by atoms with Crippen molar-refractivity contribution >= 4 is 28.4 Å². The van der Waals surface area contributed by atoms with E-state index in [4.69, 9.17) is 0 Å². The second-order valence-corrected chi connectivity index (χ2v) is 6.81. The molecular weight excluding hydrogens is 324 g/mol. The number of benzene rings is 2. The highest BCUT2D eigenvalue weighted by Gasteiger charge is 2.41. The molecule has 0 unspecified atom stereocenters. The van der Waals surface area contributed by atoms with Crippen LogP contribution in [0.1, 0.15) is 37.7 Å². The molecule has 26 heavy (non-hydrogen) atoms. The van der Waals surface area contributed by atoms with Gasteiger partial charge in [0, 0.05) is 30.1 Å². The quantitative estimate of drug-likeness (QED) is 0.639. The van der Waals surface area contributed by atoms with Gasteiger partial charge in [-0.1, -0.05) is 49.7 Å². The number of carbonyl (C=O) groups is 2. The largest absolute Gasteiger partial charge is 0.347 e. The average Bonchev–Trinajstić information content (AvgIpc) is 3.18. The Morgan fingerprint density at radius 2 is 1.73 bits per heavy atom. The second-order valence-electron chi connectivity index (χ2n) is 6.81. The summed E-state index contributed by atoms with van der Waals surface area (Å²) >= 11 is 0. The molecule has 132 valence electrons. The molecule has 0 bridgehead atoms. The smallest absolute Gasteiger partial charge is 0.241 e. The summed E-state index contributed by atoms with van der Waals surface area (Å²) in [5.41, 5.74) is 2.75. The molecule has 3 aromatic rings. The van der Waals surface area contributed by atoms with Gasteiger partial charge in [-0.2, -0.15) is 0 Å². The zero-order valence-corrected chi connectivity index (χ0v) is 14.9. The minimum atomic E-state index is -0.407. The lowest BCUT2D eigenvalue weighted by molar-refractivity contribution is -0.121. The molecule has 2 amide bonds. The first-order valence-corrected chi connectivity index (χ1v) is 9.20. The van der Waals surface area contributed by atoms with Gasteiger partial charge in [-0.15, -0.1) is 0 Å². The molecule has 0 spiro atoms. The first-order chi connectivity index (χ1) is 12.7. The molecule has 0 saturated carbocycles. The summed E-state index contributed by atoms with van der Waals surface area (Å²) in [6.07, 6.45) is 4.51. The van der Waals surface area contributed by atoms with E-state index >= 15 is 0 Å². The number of imide groups is 1. The number of carbonyl (C=O) groups excluding carboxylic acids is 2. The highest BCUT2D eigenvalue weighted by molar-refractivity contribution is 6.23. The number of fused-ring (bicyclic) bond motifs is 1. The first kappa shape index (κ1) is 16.6. The average molecular weight is 346 g/mol. The molecule has 1 saturated heterocycles. The van der Waals surface area contributed by atoms with Crippen LogP contribution in [0.5, 0.6) is 0 Å². The highest BCUT2D eigenvalue weighted by atomic mass is 16.2.